The molecule has 0 saturated heterocycles. The minimum atomic E-state index is -5.24. The summed E-state index contributed by atoms with van der Waals surface area (Å²) in [5.41, 5.74) is 2.68. The van der Waals surface area contributed by atoms with Crippen LogP contribution in [0.4, 0.5) is 0 Å². The van der Waals surface area contributed by atoms with Gasteiger partial charge >= 0.3 is 266 Å². The van der Waals surface area contributed by atoms with E-state index >= 15 is 0 Å². The summed E-state index contributed by atoms with van der Waals surface area (Å²) in [6, 6.07) is 28.2. The number of carbonyl (C=O) groups excluding carboxylic acids is 3. The molecule has 0 saturated carbocycles. The Morgan fingerprint density at radius 2 is 0.878 bits per heavy atom. The van der Waals surface area contributed by atoms with Crippen LogP contribution in [0.25, 0.3) is 0 Å². The van der Waals surface area contributed by atoms with Crippen molar-refractivity contribution in [1.29, 1.82) is 0 Å². The average Bonchev–Trinajstić information content (AvgIpc) is 2.97. The van der Waals surface area contributed by atoms with Gasteiger partial charge in [-0.15, -0.1) is 0 Å². The molecule has 0 fully saturated rings. The summed E-state index contributed by atoms with van der Waals surface area (Å²) in [5, 5.41) is -2.54. The van der Waals surface area contributed by atoms with Gasteiger partial charge in [-0.1, -0.05) is 0 Å². The van der Waals surface area contributed by atoms with Gasteiger partial charge < -0.3 is 0 Å². The first-order chi connectivity index (χ1) is 19.7. The Bertz CT molecular complexity index is 1100. The van der Waals surface area contributed by atoms with Gasteiger partial charge in [0.1, 0.15) is 0 Å². The Morgan fingerprint density at radius 1 is 0.585 bits per heavy atom. The van der Waals surface area contributed by atoms with Crippen molar-refractivity contribution in [2.45, 2.75) is 59.2 Å². The maximum absolute atomic E-state index is 13.3. The molecule has 0 aliphatic heterocycles. The van der Waals surface area contributed by atoms with Crippen molar-refractivity contribution >= 4 is 75.4 Å². The van der Waals surface area contributed by atoms with Crippen molar-refractivity contribution in [3.05, 3.63) is 108 Å². The molecule has 0 aliphatic rings. The summed E-state index contributed by atoms with van der Waals surface area (Å²) in [6.45, 7) is 1.95. The molecule has 0 N–H and O–H groups in total. The van der Waals surface area contributed by atoms with Crippen LogP contribution in [0.2, 0.25) is 4.44 Å². The van der Waals surface area contributed by atoms with Crippen molar-refractivity contribution < 1.29 is 23.6 Å². The van der Waals surface area contributed by atoms with Crippen molar-refractivity contribution in [3.8, 4) is 0 Å². The SMILES string of the molecule is CCC[CH2][Sn]([O]C(=O)C(S)Cc1ccccc1)([O]C(=O)C(S)Cc1ccccc1)[O]C(=O)C(S)Cc1ccccc1. The van der Waals surface area contributed by atoms with E-state index in [1.54, 1.807) is 0 Å². The first-order valence-electron chi connectivity index (χ1n) is 13.6. The third-order valence-corrected chi connectivity index (χ3v) is 14.6. The van der Waals surface area contributed by atoms with Crippen molar-refractivity contribution in [1.82, 2.24) is 0 Å². The number of carbonyl (C=O) groups is 3. The van der Waals surface area contributed by atoms with Crippen LogP contribution in [0.3, 0.4) is 0 Å². The Labute approximate surface area is 264 Å². The van der Waals surface area contributed by atoms with Gasteiger partial charge in [0.2, 0.25) is 0 Å². The van der Waals surface area contributed by atoms with Gasteiger partial charge in [0.15, 0.2) is 0 Å². The van der Waals surface area contributed by atoms with Gasteiger partial charge in [-0.2, -0.15) is 0 Å². The van der Waals surface area contributed by atoms with Crippen molar-refractivity contribution in [2.24, 2.45) is 0 Å². The fraction of sp³-hybridized carbons (Fsp3) is 0.323. The van der Waals surface area contributed by atoms with Crippen LogP contribution in [-0.2, 0) is 42.9 Å². The second kappa shape index (κ2) is 17.1. The van der Waals surface area contributed by atoms with Crippen molar-refractivity contribution in [2.75, 3.05) is 0 Å². The van der Waals surface area contributed by atoms with Crippen LogP contribution in [0.1, 0.15) is 36.5 Å². The first kappa shape index (κ1) is 33.4. The summed E-state index contributed by atoms with van der Waals surface area (Å²) >= 11 is 8.21. The average molecular weight is 720 g/mol. The normalized spacial score (nSPS) is 14.6. The molecule has 3 aromatic carbocycles. The van der Waals surface area contributed by atoms with E-state index in [2.05, 4.69) is 37.9 Å². The second-order valence-electron chi connectivity index (χ2n) is 9.67. The molecule has 218 valence electrons. The number of unbranched alkanes of at least 4 members (excludes halogenated alkanes) is 1. The molecule has 3 aromatic rings. The van der Waals surface area contributed by atoms with Crippen LogP contribution in [0.5, 0.6) is 0 Å². The number of thiol groups is 3. The van der Waals surface area contributed by atoms with E-state index in [0.29, 0.717) is 32.1 Å². The topological polar surface area (TPSA) is 78.9 Å². The molecule has 6 nitrogen and oxygen atoms in total. The van der Waals surface area contributed by atoms with Crippen LogP contribution in [0.15, 0.2) is 91.0 Å². The molecule has 0 amide bonds. The zero-order chi connectivity index (χ0) is 29.7. The Kier molecular flexibility index (Phi) is 14.0. The zero-order valence-corrected chi connectivity index (χ0v) is 28.5. The molecule has 3 unspecified atom stereocenters. The predicted molar refractivity (Wildman–Crippen MR) is 173 cm³/mol. The summed E-state index contributed by atoms with van der Waals surface area (Å²) in [7, 11) is 0. The maximum atomic E-state index is 13.3. The molecule has 3 rings (SSSR count). The van der Waals surface area contributed by atoms with Gasteiger partial charge in [0.25, 0.3) is 0 Å². The number of hydrogen-bond acceptors (Lipinski definition) is 9. The number of hydrogen-bond donors (Lipinski definition) is 3. The molecule has 0 aliphatic carbocycles. The van der Waals surface area contributed by atoms with Gasteiger partial charge in [-0.25, -0.2) is 0 Å². The second-order valence-corrected chi connectivity index (χ2v) is 18.6. The predicted octanol–water partition coefficient (Wildman–Crippen LogP) is 5.98. The van der Waals surface area contributed by atoms with Crippen molar-refractivity contribution in [3.63, 3.8) is 0 Å². The van der Waals surface area contributed by atoms with E-state index in [1.165, 1.54) is 0 Å². The Morgan fingerprint density at radius 3 is 1.15 bits per heavy atom. The zero-order valence-electron chi connectivity index (χ0n) is 22.9. The Hall–Kier alpha value is -2.08. The van der Waals surface area contributed by atoms with Gasteiger partial charge in [0, 0.05) is 0 Å². The fourth-order valence-electron chi connectivity index (χ4n) is 4.03. The first-order valence-corrected chi connectivity index (χ1v) is 20.6. The summed E-state index contributed by atoms with van der Waals surface area (Å²) in [6.07, 6.45) is 2.14. The summed E-state index contributed by atoms with van der Waals surface area (Å²) in [4.78, 5) is 40.0. The molecule has 41 heavy (non-hydrogen) atoms. The van der Waals surface area contributed by atoms with E-state index in [9.17, 15) is 14.4 Å². The molecular weight excluding hydrogens is 683 g/mol. The number of benzene rings is 3. The van der Waals surface area contributed by atoms with Crippen LogP contribution in [0, 0.1) is 0 Å². The summed E-state index contributed by atoms with van der Waals surface area (Å²) in [5.74, 6) is -2.08. The summed E-state index contributed by atoms with van der Waals surface area (Å²) < 4.78 is 18.0. The molecule has 0 radical (unpaired) electrons. The van der Waals surface area contributed by atoms with E-state index in [0.717, 1.165) is 16.7 Å². The van der Waals surface area contributed by atoms with E-state index in [1.807, 2.05) is 97.9 Å². The quantitative estimate of drug-likeness (QED) is 0.133. The minimum absolute atomic E-state index is 0.151. The molecule has 0 heterocycles. The third kappa shape index (κ3) is 11.3. The molecule has 0 spiro atoms. The van der Waals surface area contributed by atoms with Crippen LogP contribution >= 0.6 is 37.9 Å². The molecule has 10 heteroatoms. The fourth-order valence-corrected chi connectivity index (χ4v) is 13.0. The monoisotopic (exact) mass is 720 g/mol. The van der Waals surface area contributed by atoms with E-state index in [4.69, 9.17) is 9.22 Å². The van der Waals surface area contributed by atoms with E-state index in [-0.39, 0.29) is 4.44 Å². The Balaban J connectivity index is 1.84. The van der Waals surface area contributed by atoms with E-state index < -0.39 is 53.3 Å². The van der Waals surface area contributed by atoms with Gasteiger partial charge in [-0.3, -0.25) is 0 Å². The van der Waals surface area contributed by atoms with Crippen LogP contribution < -0.4 is 0 Å². The number of rotatable bonds is 15. The molecular formula is C31H36O6S3Sn. The molecule has 3 atom stereocenters. The van der Waals surface area contributed by atoms with Crippen LogP contribution in [-0.4, -0.2) is 53.3 Å². The molecule has 0 bridgehead atoms. The third-order valence-electron chi connectivity index (χ3n) is 6.24. The standard InChI is InChI=1S/3C9H10O2S.C4H9.Sn/c3*10-9(11)8(12)6-7-4-2-1-3-5-7;1-3-4-2;/h3*1-5,8,12H,6H2,(H,10,11);1,3-4H2,2H3;/q;;;;+3/p-3. The van der Waals surface area contributed by atoms with Gasteiger partial charge in [0.05, 0.1) is 0 Å². The molecule has 0 aromatic heterocycles. The van der Waals surface area contributed by atoms with Gasteiger partial charge in [-0.05, 0) is 0 Å².